The fourth-order valence-corrected chi connectivity index (χ4v) is 5.02. The SMILES string of the molecule is Cc1ccc(-c2cccc3c2ccc2c4cccc(-c5ccc(C(F)(F)F)cc5)c4ccc32)cc1. The van der Waals surface area contributed by atoms with Crippen LogP contribution in [0.1, 0.15) is 11.1 Å². The van der Waals surface area contributed by atoms with E-state index in [2.05, 4.69) is 79.7 Å². The maximum Gasteiger partial charge on any atom is 0.416 e. The number of alkyl halides is 3. The molecule has 6 rings (SSSR count). The van der Waals surface area contributed by atoms with Crippen molar-refractivity contribution in [2.24, 2.45) is 0 Å². The molecule has 3 heteroatoms. The number of aryl methyl sites for hydroxylation is 1. The van der Waals surface area contributed by atoms with Gasteiger partial charge in [-0.1, -0.05) is 103 Å². The molecule has 35 heavy (non-hydrogen) atoms. The predicted octanol–water partition coefficient (Wildman–Crippen LogP) is 9.81. The van der Waals surface area contributed by atoms with Gasteiger partial charge in [-0.15, -0.1) is 0 Å². The van der Waals surface area contributed by atoms with E-state index < -0.39 is 11.7 Å². The lowest BCUT2D eigenvalue weighted by Crippen LogP contribution is -2.03. The number of benzene rings is 6. The Hall–Kier alpha value is -4.11. The number of fused-ring (bicyclic) bond motifs is 5. The zero-order chi connectivity index (χ0) is 24.2. The van der Waals surface area contributed by atoms with E-state index in [0.29, 0.717) is 0 Å². The van der Waals surface area contributed by atoms with E-state index in [1.807, 2.05) is 12.1 Å². The second-order valence-corrected chi connectivity index (χ2v) is 8.97. The maximum atomic E-state index is 13.0. The predicted molar refractivity (Wildman–Crippen MR) is 140 cm³/mol. The molecule has 0 saturated heterocycles. The van der Waals surface area contributed by atoms with Gasteiger partial charge in [0.1, 0.15) is 0 Å². The third-order valence-corrected chi connectivity index (χ3v) is 6.80. The van der Waals surface area contributed by atoms with Gasteiger partial charge in [0, 0.05) is 0 Å². The average Bonchev–Trinajstić information content (AvgIpc) is 2.87. The first-order valence-corrected chi connectivity index (χ1v) is 11.5. The van der Waals surface area contributed by atoms with Crippen LogP contribution in [0.15, 0.2) is 109 Å². The van der Waals surface area contributed by atoms with Crippen LogP contribution in [0.4, 0.5) is 13.2 Å². The molecule has 0 nitrogen and oxygen atoms in total. The Labute approximate surface area is 201 Å². The zero-order valence-electron chi connectivity index (χ0n) is 19.0. The molecule has 0 saturated carbocycles. The summed E-state index contributed by atoms with van der Waals surface area (Å²) in [6.07, 6.45) is -4.34. The van der Waals surface area contributed by atoms with E-state index in [-0.39, 0.29) is 0 Å². The molecule has 0 amide bonds. The Kier molecular flexibility index (Phi) is 4.89. The van der Waals surface area contributed by atoms with Crippen LogP contribution < -0.4 is 0 Å². The van der Waals surface area contributed by atoms with Crippen molar-refractivity contribution in [2.45, 2.75) is 13.1 Å². The molecule has 0 N–H and O–H groups in total. The van der Waals surface area contributed by atoms with Crippen LogP contribution in [0.2, 0.25) is 0 Å². The Bertz CT molecular complexity index is 1710. The Morgan fingerprint density at radius 2 is 0.829 bits per heavy atom. The van der Waals surface area contributed by atoms with Crippen LogP contribution in [-0.2, 0) is 6.18 Å². The van der Waals surface area contributed by atoms with Crippen molar-refractivity contribution < 1.29 is 13.2 Å². The minimum atomic E-state index is -4.34. The highest BCUT2D eigenvalue weighted by atomic mass is 19.4. The summed E-state index contributed by atoms with van der Waals surface area (Å²) in [7, 11) is 0. The van der Waals surface area contributed by atoms with E-state index >= 15 is 0 Å². The van der Waals surface area contributed by atoms with Crippen LogP contribution in [0, 0.1) is 6.92 Å². The summed E-state index contributed by atoms with van der Waals surface area (Å²) < 4.78 is 39.1. The van der Waals surface area contributed by atoms with Gasteiger partial charge in [-0.25, -0.2) is 0 Å². The van der Waals surface area contributed by atoms with Crippen molar-refractivity contribution in [1.29, 1.82) is 0 Å². The topological polar surface area (TPSA) is 0 Å². The second-order valence-electron chi connectivity index (χ2n) is 8.97. The molecular weight excluding hydrogens is 441 g/mol. The van der Waals surface area contributed by atoms with E-state index in [9.17, 15) is 13.2 Å². The lowest BCUT2D eigenvalue weighted by Gasteiger charge is -2.14. The summed E-state index contributed by atoms with van der Waals surface area (Å²) in [5.74, 6) is 0. The van der Waals surface area contributed by atoms with Crippen molar-refractivity contribution >= 4 is 32.3 Å². The van der Waals surface area contributed by atoms with Gasteiger partial charge in [0.05, 0.1) is 5.56 Å². The summed E-state index contributed by atoms with van der Waals surface area (Å²) in [5, 5.41) is 6.78. The van der Waals surface area contributed by atoms with Crippen LogP contribution in [0.25, 0.3) is 54.6 Å². The Morgan fingerprint density at radius 3 is 1.29 bits per heavy atom. The molecule has 0 unspecified atom stereocenters. The number of hydrogen-bond acceptors (Lipinski definition) is 0. The van der Waals surface area contributed by atoms with Crippen molar-refractivity contribution in [1.82, 2.24) is 0 Å². The van der Waals surface area contributed by atoms with Gasteiger partial charge in [-0.3, -0.25) is 0 Å². The van der Waals surface area contributed by atoms with Gasteiger partial charge >= 0.3 is 6.18 Å². The van der Waals surface area contributed by atoms with E-state index in [1.165, 1.54) is 27.5 Å². The monoisotopic (exact) mass is 462 g/mol. The lowest BCUT2D eigenvalue weighted by molar-refractivity contribution is -0.137. The summed E-state index contributed by atoms with van der Waals surface area (Å²) in [5.41, 5.74) is 4.67. The molecule has 0 bridgehead atoms. The zero-order valence-corrected chi connectivity index (χ0v) is 19.0. The third kappa shape index (κ3) is 3.64. The second kappa shape index (κ2) is 7.99. The highest BCUT2D eigenvalue weighted by Gasteiger charge is 2.30. The van der Waals surface area contributed by atoms with Gasteiger partial charge in [0.15, 0.2) is 0 Å². The largest absolute Gasteiger partial charge is 0.416 e. The van der Waals surface area contributed by atoms with Crippen molar-refractivity contribution in [3.8, 4) is 22.3 Å². The fourth-order valence-electron chi connectivity index (χ4n) is 5.02. The quantitative estimate of drug-likeness (QED) is 0.225. The minimum Gasteiger partial charge on any atom is -0.166 e. The normalized spacial score (nSPS) is 12.0. The summed E-state index contributed by atoms with van der Waals surface area (Å²) in [6, 6.07) is 35.0. The molecule has 0 fully saturated rings. The smallest absolute Gasteiger partial charge is 0.166 e. The molecule has 0 aromatic heterocycles. The van der Waals surface area contributed by atoms with Crippen molar-refractivity contribution in [3.05, 3.63) is 120 Å². The van der Waals surface area contributed by atoms with E-state index in [4.69, 9.17) is 0 Å². The van der Waals surface area contributed by atoms with Crippen molar-refractivity contribution in [2.75, 3.05) is 0 Å². The van der Waals surface area contributed by atoms with Crippen LogP contribution in [0.3, 0.4) is 0 Å². The summed E-state index contributed by atoms with van der Waals surface area (Å²) >= 11 is 0. The van der Waals surface area contributed by atoms with Crippen LogP contribution in [0.5, 0.6) is 0 Å². The molecule has 6 aromatic carbocycles. The van der Waals surface area contributed by atoms with E-state index in [0.717, 1.165) is 44.8 Å². The molecule has 0 aliphatic rings. The first kappa shape index (κ1) is 21.4. The first-order valence-electron chi connectivity index (χ1n) is 11.5. The number of halogens is 3. The highest BCUT2D eigenvalue weighted by Crippen LogP contribution is 2.39. The minimum absolute atomic E-state index is 0.636. The fraction of sp³-hybridized carbons (Fsp3) is 0.0625. The molecule has 170 valence electrons. The lowest BCUT2D eigenvalue weighted by atomic mass is 9.90. The van der Waals surface area contributed by atoms with Gasteiger partial charge in [0.2, 0.25) is 0 Å². The molecular formula is C32H21F3. The molecule has 0 atom stereocenters. The molecule has 6 aromatic rings. The van der Waals surface area contributed by atoms with Gasteiger partial charge in [0.25, 0.3) is 0 Å². The molecule has 0 spiro atoms. The van der Waals surface area contributed by atoms with Gasteiger partial charge in [-0.2, -0.15) is 13.2 Å². The van der Waals surface area contributed by atoms with E-state index in [1.54, 1.807) is 12.1 Å². The standard InChI is InChI=1S/C32H21F3/c1-20-8-10-21(11-9-20)24-4-2-6-26-28(24)16-18-31-27-7-3-5-25(29(27)17-19-30(26)31)22-12-14-23(15-13-22)32(33,34)35/h2-19H,1H3. The molecule has 0 radical (unpaired) electrons. The number of hydrogen-bond donors (Lipinski definition) is 0. The number of rotatable bonds is 2. The van der Waals surface area contributed by atoms with Gasteiger partial charge in [-0.05, 0) is 73.6 Å². The molecule has 0 aliphatic heterocycles. The third-order valence-electron chi connectivity index (χ3n) is 6.80. The van der Waals surface area contributed by atoms with Gasteiger partial charge < -0.3 is 0 Å². The summed E-state index contributed by atoms with van der Waals surface area (Å²) in [4.78, 5) is 0. The highest BCUT2D eigenvalue weighted by molar-refractivity contribution is 6.21. The molecule has 0 aliphatic carbocycles. The Balaban J connectivity index is 1.54. The first-order chi connectivity index (χ1) is 16.9. The van der Waals surface area contributed by atoms with Crippen LogP contribution in [-0.4, -0.2) is 0 Å². The molecule has 0 heterocycles. The average molecular weight is 463 g/mol. The van der Waals surface area contributed by atoms with Crippen molar-refractivity contribution in [3.63, 3.8) is 0 Å². The van der Waals surface area contributed by atoms with Crippen LogP contribution >= 0.6 is 0 Å². The maximum absolute atomic E-state index is 13.0. The summed E-state index contributed by atoms with van der Waals surface area (Å²) in [6.45, 7) is 2.09. The Morgan fingerprint density at radius 1 is 0.429 bits per heavy atom.